The van der Waals surface area contributed by atoms with E-state index in [1.165, 1.54) is 38.5 Å². The summed E-state index contributed by atoms with van der Waals surface area (Å²) in [5.74, 6) is -0.474. The van der Waals surface area contributed by atoms with Gasteiger partial charge in [0.2, 0.25) is 5.78 Å². The van der Waals surface area contributed by atoms with E-state index < -0.39 is 28.2 Å². The molecule has 0 N–H and O–H groups in total. The molecule has 0 aromatic heterocycles. The Hall–Kier alpha value is -2.87. The van der Waals surface area contributed by atoms with Crippen LogP contribution < -0.4 is 9.47 Å². The Morgan fingerprint density at radius 1 is 0.963 bits per heavy atom. The molecule has 0 aliphatic carbocycles. The van der Waals surface area contributed by atoms with Crippen LogP contribution >= 0.6 is 0 Å². The number of benzene rings is 2. The summed E-state index contributed by atoms with van der Waals surface area (Å²) in [5.41, 5.74) is 0.841. The lowest BCUT2D eigenvalue weighted by molar-refractivity contribution is 0.0473. The number of sulfone groups is 1. The molecule has 0 fully saturated rings. The molecule has 0 radical (unpaired) electrons. The van der Waals surface area contributed by atoms with Crippen molar-refractivity contribution < 1.29 is 32.2 Å². The molecule has 0 unspecified atom stereocenters. The number of Topliss-reactive ketones (excluding diaryl/α,β-unsaturated/α-hetero) is 1. The fourth-order valence-electron chi connectivity index (χ4n) is 2.37. The molecule has 0 heterocycles. The van der Waals surface area contributed by atoms with Gasteiger partial charge in [-0.05, 0) is 42.8 Å². The lowest BCUT2D eigenvalue weighted by atomic mass is 10.1. The fraction of sp³-hybridized carbons (Fsp3) is 0.263. The van der Waals surface area contributed by atoms with E-state index in [0.717, 1.165) is 6.26 Å². The molecular weight excluding hydrogens is 372 g/mol. The number of carbonyl (C=O) groups excluding carboxylic acids is 2. The predicted octanol–water partition coefficient (Wildman–Crippen LogP) is 2.46. The van der Waals surface area contributed by atoms with Gasteiger partial charge in [-0.1, -0.05) is 6.07 Å². The Labute approximate surface area is 157 Å². The van der Waals surface area contributed by atoms with Crippen molar-refractivity contribution in [1.82, 2.24) is 0 Å². The minimum absolute atomic E-state index is 0.000779. The van der Waals surface area contributed by atoms with Gasteiger partial charge in [-0.2, -0.15) is 0 Å². The minimum Gasteiger partial charge on any atom is -0.497 e. The first-order chi connectivity index (χ1) is 12.7. The number of aryl methyl sites for hydroxylation is 1. The average Bonchev–Trinajstić information content (AvgIpc) is 2.64. The first-order valence-corrected chi connectivity index (χ1v) is 9.79. The van der Waals surface area contributed by atoms with Crippen LogP contribution in [0, 0.1) is 6.92 Å². The molecule has 2 aromatic rings. The number of carbonyl (C=O) groups is 2. The molecule has 144 valence electrons. The van der Waals surface area contributed by atoms with Crippen molar-refractivity contribution >= 4 is 21.6 Å². The van der Waals surface area contributed by atoms with E-state index in [2.05, 4.69) is 0 Å². The van der Waals surface area contributed by atoms with Gasteiger partial charge in [-0.3, -0.25) is 4.79 Å². The van der Waals surface area contributed by atoms with Crippen LogP contribution in [0.5, 0.6) is 11.5 Å². The second-order valence-electron chi connectivity index (χ2n) is 5.81. The number of rotatable bonds is 7. The van der Waals surface area contributed by atoms with Crippen molar-refractivity contribution in [2.24, 2.45) is 0 Å². The molecule has 2 aromatic carbocycles. The van der Waals surface area contributed by atoms with Crippen LogP contribution in [-0.4, -0.2) is 47.3 Å². The molecule has 7 nitrogen and oxygen atoms in total. The number of esters is 1. The van der Waals surface area contributed by atoms with Gasteiger partial charge < -0.3 is 14.2 Å². The van der Waals surface area contributed by atoms with Gasteiger partial charge in [0, 0.05) is 6.26 Å². The van der Waals surface area contributed by atoms with Gasteiger partial charge >= 0.3 is 5.97 Å². The van der Waals surface area contributed by atoms with Crippen molar-refractivity contribution in [3.05, 3.63) is 53.1 Å². The molecule has 0 saturated carbocycles. The number of ketones is 1. The molecule has 0 spiro atoms. The molecule has 0 saturated heterocycles. The summed E-state index contributed by atoms with van der Waals surface area (Å²) in [6, 6.07) is 8.87. The average molecular weight is 392 g/mol. The fourth-order valence-corrected chi connectivity index (χ4v) is 3.02. The van der Waals surface area contributed by atoms with Gasteiger partial charge in [0.05, 0.1) is 30.2 Å². The van der Waals surface area contributed by atoms with Gasteiger partial charge in [0.15, 0.2) is 16.4 Å². The van der Waals surface area contributed by atoms with Crippen LogP contribution in [-0.2, 0) is 14.6 Å². The van der Waals surface area contributed by atoms with Crippen LogP contribution in [0.2, 0.25) is 0 Å². The maximum absolute atomic E-state index is 12.4. The summed E-state index contributed by atoms with van der Waals surface area (Å²) in [6.45, 7) is 1.13. The van der Waals surface area contributed by atoms with E-state index in [1.54, 1.807) is 19.1 Å². The Bertz CT molecular complexity index is 978. The second kappa shape index (κ2) is 8.22. The highest BCUT2D eigenvalue weighted by atomic mass is 32.2. The van der Waals surface area contributed by atoms with Crippen LogP contribution in [0.3, 0.4) is 0 Å². The smallest absolute Gasteiger partial charge is 0.338 e. The largest absolute Gasteiger partial charge is 0.497 e. The quantitative estimate of drug-likeness (QED) is 0.527. The lowest BCUT2D eigenvalue weighted by Crippen LogP contribution is -2.16. The molecule has 0 aliphatic rings. The van der Waals surface area contributed by atoms with Gasteiger partial charge in [0.25, 0.3) is 0 Å². The highest BCUT2D eigenvalue weighted by Crippen LogP contribution is 2.24. The Morgan fingerprint density at radius 2 is 1.67 bits per heavy atom. The summed E-state index contributed by atoms with van der Waals surface area (Å²) >= 11 is 0. The first-order valence-electron chi connectivity index (χ1n) is 7.90. The van der Waals surface area contributed by atoms with Crippen LogP contribution in [0.25, 0.3) is 0 Å². The van der Waals surface area contributed by atoms with Crippen molar-refractivity contribution in [2.45, 2.75) is 11.8 Å². The number of hydrogen-bond donors (Lipinski definition) is 0. The molecular formula is C19H20O7S. The van der Waals surface area contributed by atoms with Crippen LogP contribution in [0.4, 0.5) is 0 Å². The van der Waals surface area contributed by atoms with Crippen molar-refractivity contribution in [3.8, 4) is 11.5 Å². The van der Waals surface area contributed by atoms with E-state index >= 15 is 0 Å². The third-order valence-electron chi connectivity index (χ3n) is 3.90. The summed E-state index contributed by atoms with van der Waals surface area (Å²) in [5, 5.41) is 0. The maximum Gasteiger partial charge on any atom is 0.338 e. The van der Waals surface area contributed by atoms with E-state index in [-0.39, 0.29) is 16.0 Å². The summed E-state index contributed by atoms with van der Waals surface area (Å²) in [6.07, 6.45) is 1.05. The zero-order valence-corrected chi connectivity index (χ0v) is 16.3. The minimum atomic E-state index is -3.47. The highest BCUT2D eigenvalue weighted by Gasteiger charge is 2.19. The van der Waals surface area contributed by atoms with Crippen LogP contribution in [0.1, 0.15) is 26.3 Å². The molecule has 2 rings (SSSR count). The molecule has 0 amide bonds. The molecule has 0 aliphatic heterocycles. The van der Waals surface area contributed by atoms with E-state index in [1.807, 2.05) is 0 Å². The van der Waals surface area contributed by atoms with Gasteiger partial charge in [-0.25, -0.2) is 13.2 Å². The topological polar surface area (TPSA) is 96.0 Å². The SMILES string of the molecule is COc1ccc(OC)c(C(=O)COC(=O)c2cc(S(C)(=O)=O)ccc2C)c1. The number of methoxy groups -OCH3 is 2. The third kappa shape index (κ3) is 4.85. The van der Waals surface area contributed by atoms with Gasteiger partial charge in [0.1, 0.15) is 11.5 Å². The monoisotopic (exact) mass is 392 g/mol. The summed E-state index contributed by atoms with van der Waals surface area (Å²) < 4.78 is 38.7. The number of ether oxygens (including phenoxy) is 3. The second-order valence-corrected chi connectivity index (χ2v) is 7.83. The zero-order chi connectivity index (χ0) is 20.2. The lowest BCUT2D eigenvalue weighted by Gasteiger charge is -2.11. The molecule has 0 bridgehead atoms. The first kappa shape index (κ1) is 20.4. The Kier molecular flexibility index (Phi) is 6.22. The summed E-state index contributed by atoms with van der Waals surface area (Å²) in [7, 11) is -0.585. The summed E-state index contributed by atoms with van der Waals surface area (Å²) in [4.78, 5) is 24.8. The maximum atomic E-state index is 12.4. The zero-order valence-electron chi connectivity index (χ0n) is 15.4. The third-order valence-corrected chi connectivity index (χ3v) is 5.01. The van der Waals surface area contributed by atoms with Crippen molar-refractivity contribution in [3.63, 3.8) is 0 Å². The molecule has 27 heavy (non-hydrogen) atoms. The standard InChI is InChI=1S/C19H20O7S/c1-12-5-7-14(27(4,22)23)10-15(12)19(21)26-11-17(20)16-9-13(24-2)6-8-18(16)25-3/h5-10H,11H2,1-4H3. The number of hydrogen-bond acceptors (Lipinski definition) is 7. The van der Waals surface area contributed by atoms with Crippen LogP contribution in [0.15, 0.2) is 41.3 Å². The van der Waals surface area contributed by atoms with Gasteiger partial charge in [-0.15, -0.1) is 0 Å². The molecule has 8 heteroatoms. The Morgan fingerprint density at radius 3 is 2.26 bits per heavy atom. The van der Waals surface area contributed by atoms with E-state index in [0.29, 0.717) is 17.1 Å². The Balaban J connectivity index is 2.20. The van der Waals surface area contributed by atoms with E-state index in [9.17, 15) is 18.0 Å². The predicted molar refractivity (Wildman–Crippen MR) is 98.4 cm³/mol. The molecule has 0 atom stereocenters. The van der Waals surface area contributed by atoms with E-state index in [4.69, 9.17) is 14.2 Å². The van der Waals surface area contributed by atoms with Crippen molar-refractivity contribution in [1.29, 1.82) is 0 Å². The normalized spacial score (nSPS) is 11.0. The van der Waals surface area contributed by atoms with Crippen molar-refractivity contribution in [2.75, 3.05) is 27.1 Å². The highest BCUT2D eigenvalue weighted by molar-refractivity contribution is 7.90.